The largest absolute Gasteiger partial charge is 0.448 e. The van der Waals surface area contributed by atoms with Gasteiger partial charge in [-0.05, 0) is 24.5 Å². The van der Waals surface area contributed by atoms with Crippen LogP contribution in [0.2, 0.25) is 0 Å². The normalized spacial score (nSPS) is 24.9. The first kappa shape index (κ1) is 14.0. The van der Waals surface area contributed by atoms with E-state index in [1.807, 2.05) is 12.1 Å². The van der Waals surface area contributed by atoms with Crippen molar-refractivity contribution in [2.45, 2.75) is 38.1 Å². The van der Waals surface area contributed by atoms with Crippen molar-refractivity contribution < 1.29 is 23.9 Å². The maximum Gasteiger partial charge on any atom is 0.339 e. The number of hydrogen-bond acceptors (Lipinski definition) is 5. The van der Waals surface area contributed by atoms with Gasteiger partial charge >= 0.3 is 5.97 Å². The summed E-state index contributed by atoms with van der Waals surface area (Å²) >= 11 is 0. The van der Waals surface area contributed by atoms with E-state index in [2.05, 4.69) is 5.48 Å². The summed E-state index contributed by atoms with van der Waals surface area (Å²) in [7, 11) is 0. The molecule has 2 atom stereocenters. The van der Waals surface area contributed by atoms with Gasteiger partial charge in [0, 0.05) is 19.4 Å². The molecule has 0 aliphatic carbocycles. The lowest BCUT2D eigenvalue weighted by atomic mass is 9.98. The van der Waals surface area contributed by atoms with Gasteiger partial charge in [-0.25, -0.2) is 15.1 Å². The number of hydroxylamine groups is 1. The van der Waals surface area contributed by atoms with Gasteiger partial charge in [0.2, 0.25) is 0 Å². The van der Waals surface area contributed by atoms with E-state index in [1.165, 1.54) is 0 Å². The van der Waals surface area contributed by atoms with Gasteiger partial charge in [0.25, 0.3) is 5.91 Å². The number of amides is 1. The summed E-state index contributed by atoms with van der Waals surface area (Å²) in [6.07, 6.45) is 1.82. The zero-order chi connectivity index (χ0) is 14.7. The van der Waals surface area contributed by atoms with Crippen molar-refractivity contribution in [3.8, 4) is 0 Å². The fourth-order valence-corrected chi connectivity index (χ4v) is 2.47. The Kier molecular flexibility index (Phi) is 4.17. The molecule has 1 fully saturated rings. The number of fused-ring (bicyclic) bond motifs is 1. The van der Waals surface area contributed by atoms with Gasteiger partial charge in [-0.15, -0.1) is 0 Å². The molecule has 1 saturated heterocycles. The zero-order valence-corrected chi connectivity index (χ0v) is 11.5. The molecule has 21 heavy (non-hydrogen) atoms. The lowest BCUT2D eigenvalue weighted by molar-refractivity contribution is -0.203. The van der Waals surface area contributed by atoms with Crippen LogP contribution < -0.4 is 5.48 Å². The molecule has 3 rings (SSSR count). The van der Waals surface area contributed by atoms with E-state index in [0.717, 1.165) is 24.8 Å². The Morgan fingerprint density at radius 3 is 2.95 bits per heavy atom. The van der Waals surface area contributed by atoms with Crippen LogP contribution in [0.25, 0.3) is 0 Å². The third-order valence-electron chi connectivity index (χ3n) is 3.61. The first-order valence-electron chi connectivity index (χ1n) is 7.10. The van der Waals surface area contributed by atoms with Gasteiger partial charge in [0.15, 0.2) is 12.4 Å². The highest BCUT2D eigenvalue weighted by Gasteiger charge is 2.31. The highest BCUT2D eigenvalue weighted by atomic mass is 16.8. The van der Waals surface area contributed by atoms with Crippen LogP contribution in [0.5, 0.6) is 0 Å². The molecule has 0 unspecified atom stereocenters. The summed E-state index contributed by atoms with van der Waals surface area (Å²) in [5, 5.41) is 0. The summed E-state index contributed by atoms with van der Waals surface area (Å²) in [5.41, 5.74) is 3.65. The first-order valence-corrected chi connectivity index (χ1v) is 7.10. The van der Waals surface area contributed by atoms with Crippen molar-refractivity contribution in [2.24, 2.45) is 0 Å². The fraction of sp³-hybridized carbons (Fsp3) is 0.467. The minimum Gasteiger partial charge on any atom is -0.448 e. The second-order valence-corrected chi connectivity index (χ2v) is 5.14. The number of nitrogens with one attached hydrogen (secondary N) is 1. The van der Waals surface area contributed by atoms with Gasteiger partial charge in [-0.2, -0.15) is 0 Å². The summed E-state index contributed by atoms with van der Waals surface area (Å²) in [4.78, 5) is 29.1. The topological polar surface area (TPSA) is 73.9 Å². The summed E-state index contributed by atoms with van der Waals surface area (Å²) in [5.74, 6) is -0.946. The van der Waals surface area contributed by atoms with Gasteiger partial charge in [0.05, 0.1) is 5.56 Å². The van der Waals surface area contributed by atoms with Crippen LogP contribution in [0.1, 0.15) is 35.2 Å². The number of hydrogen-bond donors (Lipinski definition) is 1. The highest BCUT2D eigenvalue weighted by molar-refractivity contribution is 5.95. The van der Waals surface area contributed by atoms with E-state index in [9.17, 15) is 9.59 Å². The number of rotatable bonds is 3. The SMILES string of the molecule is O=C1O[C@@H](C(=O)NO[C@H]2CCCCO2)Cc2ccccc21. The smallest absolute Gasteiger partial charge is 0.339 e. The fourth-order valence-electron chi connectivity index (χ4n) is 2.47. The Morgan fingerprint density at radius 2 is 2.14 bits per heavy atom. The van der Waals surface area contributed by atoms with Gasteiger partial charge in [0.1, 0.15) is 0 Å². The van der Waals surface area contributed by atoms with Crippen LogP contribution in [-0.4, -0.2) is 30.9 Å². The van der Waals surface area contributed by atoms with Crippen molar-refractivity contribution in [1.29, 1.82) is 0 Å². The molecule has 0 saturated carbocycles. The molecule has 0 radical (unpaired) electrons. The van der Waals surface area contributed by atoms with Crippen LogP contribution >= 0.6 is 0 Å². The summed E-state index contributed by atoms with van der Waals surface area (Å²) < 4.78 is 10.5. The standard InChI is InChI=1S/C15H17NO5/c17-14(16-21-13-7-3-4-8-19-13)12-9-10-5-1-2-6-11(10)15(18)20-12/h1-2,5-6,12-13H,3-4,7-9H2,(H,16,17)/t12-,13+/m1/s1. The Bertz CT molecular complexity index is 539. The predicted octanol–water partition coefficient (Wildman–Crippen LogP) is 1.34. The second kappa shape index (κ2) is 6.24. The third kappa shape index (κ3) is 3.22. The molecule has 2 aliphatic rings. The van der Waals surface area contributed by atoms with Gasteiger partial charge < -0.3 is 9.47 Å². The Labute approximate surface area is 122 Å². The van der Waals surface area contributed by atoms with E-state index >= 15 is 0 Å². The van der Waals surface area contributed by atoms with Crippen LogP contribution in [0.4, 0.5) is 0 Å². The number of carbonyl (C=O) groups excluding carboxylic acids is 2. The quantitative estimate of drug-likeness (QED) is 0.672. The Morgan fingerprint density at radius 1 is 1.29 bits per heavy atom. The minimum atomic E-state index is -0.865. The van der Waals surface area contributed by atoms with Crippen molar-refractivity contribution in [3.63, 3.8) is 0 Å². The van der Waals surface area contributed by atoms with E-state index in [4.69, 9.17) is 14.3 Å². The van der Waals surface area contributed by atoms with Gasteiger partial charge in [-0.3, -0.25) is 4.79 Å². The molecule has 1 N–H and O–H groups in total. The number of cyclic esters (lactones) is 1. The molecule has 2 heterocycles. The van der Waals surface area contributed by atoms with Crippen LogP contribution in [0, 0.1) is 0 Å². The third-order valence-corrected chi connectivity index (χ3v) is 3.61. The van der Waals surface area contributed by atoms with Gasteiger partial charge in [-0.1, -0.05) is 18.2 Å². The summed E-state index contributed by atoms with van der Waals surface area (Å²) in [6.45, 7) is 0.631. The molecule has 0 bridgehead atoms. The number of esters is 1. The van der Waals surface area contributed by atoms with E-state index in [1.54, 1.807) is 12.1 Å². The number of benzene rings is 1. The van der Waals surface area contributed by atoms with Crippen molar-refractivity contribution in [3.05, 3.63) is 35.4 Å². The molecule has 6 heteroatoms. The average molecular weight is 291 g/mol. The minimum absolute atomic E-state index is 0.350. The maximum atomic E-state index is 12.0. The average Bonchev–Trinajstić information content (AvgIpc) is 2.53. The van der Waals surface area contributed by atoms with Crippen molar-refractivity contribution in [2.75, 3.05) is 6.61 Å². The molecule has 1 amide bonds. The molecular weight excluding hydrogens is 274 g/mol. The van der Waals surface area contributed by atoms with E-state index < -0.39 is 24.3 Å². The van der Waals surface area contributed by atoms with Crippen LogP contribution in [0.15, 0.2) is 24.3 Å². The molecule has 0 spiro atoms. The highest BCUT2D eigenvalue weighted by Crippen LogP contribution is 2.20. The Balaban J connectivity index is 1.57. The molecule has 0 aromatic heterocycles. The Hall–Kier alpha value is -1.92. The molecular formula is C15H17NO5. The van der Waals surface area contributed by atoms with Crippen LogP contribution in [0.3, 0.4) is 0 Å². The van der Waals surface area contributed by atoms with Crippen LogP contribution in [-0.2, 0) is 25.5 Å². The summed E-state index contributed by atoms with van der Waals surface area (Å²) in [6, 6.07) is 7.11. The lowest BCUT2D eigenvalue weighted by Gasteiger charge is -2.26. The lowest BCUT2D eigenvalue weighted by Crippen LogP contribution is -2.43. The molecule has 2 aliphatic heterocycles. The van der Waals surface area contributed by atoms with Crippen molar-refractivity contribution in [1.82, 2.24) is 5.48 Å². The molecule has 1 aromatic rings. The maximum absolute atomic E-state index is 12.0. The number of ether oxygens (including phenoxy) is 2. The van der Waals surface area contributed by atoms with Crippen molar-refractivity contribution >= 4 is 11.9 Å². The second-order valence-electron chi connectivity index (χ2n) is 5.14. The first-order chi connectivity index (χ1) is 10.2. The van der Waals surface area contributed by atoms with E-state index in [-0.39, 0.29) is 0 Å². The predicted molar refractivity (Wildman–Crippen MR) is 72.2 cm³/mol. The molecule has 112 valence electrons. The molecule has 6 nitrogen and oxygen atoms in total. The monoisotopic (exact) mass is 291 g/mol. The number of carbonyl (C=O) groups is 2. The zero-order valence-electron chi connectivity index (χ0n) is 11.5. The molecule has 1 aromatic carbocycles. The van der Waals surface area contributed by atoms with E-state index in [0.29, 0.717) is 18.6 Å².